The standard InChI is InChI=1S/C16H14N4O4/c1-24-12-6-4-5-11(9-12)10-17-15-14(20(22)23)16(21)19-8-3-2-7-13(19)18-15/h2-9,17H,10H2,1H3. The van der Waals surface area contributed by atoms with Crippen LogP contribution in [0.4, 0.5) is 11.5 Å². The first-order valence-electron chi connectivity index (χ1n) is 7.13. The Kier molecular flexibility index (Phi) is 4.11. The third kappa shape index (κ3) is 2.89. The molecule has 0 saturated heterocycles. The summed E-state index contributed by atoms with van der Waals surface area (Å²) in [5.74, 6) is 0.620. The fourth-order valence-corrected chi connectivity index (χ4v) is 2.34. The van der Waals surface area contributed by atoms with Gasteiger partial charge < -0.3 is 10.1 Å². The van der Waals surface area contributed by atoms with Gasteiger partial charge in [0.05, 0.1) is 12.0 Å². The molecule has 2 aromatic heterocycles. The second-order valence-corrected chi connectivity index (χ2v) is 5.01. The van der Waals surface area contributed by atoms with Gasteiger partial charge in [0, 0.05) is 12.7 Å². The average Bonchev–Trinajstić information content (AvgIpc) is 2.60. The van der Waals surface area contributed by atoms with Crippen molar-refractivity contribution in [2.45, 2.75) is 6.54 Å². The average molecular weight is 326 g/mol. The number of benzene rings is 1. The molecule has 2 heterocycles. The highest BCUT2D eigenvalue weighted by molar-refractivity contribution is 5.60. The van der Waals surface area contributed by atoms with Crippen molar-refractivity contribution >= 4 is 17.2 Å². The Labute approximate surface area is 136 Å². The molecular formula is C16H14N4O4. The Hall–Kier alpha value is -3.42. The molecule has 0 aliphatic heterocycles. The van der Waals surface area contributed by atoms with Crippen LogP contribution in [0.5, 0.6) is 5.75 Å². The van der Waals surface area contributed by atoms with E-state index in [1.54, 1.807) is 37.4 Å². The fraction of sp³-hybridized carbons (Fsp3) is 0.125. The van der Waals surface area contributed by atoms with Crippen LogP contribution in [0.1, 0.15) is 5.56 Å². The number of hydrogen-bond donors (Lipinski definition) is 1. The number of nitro groups is 1. The zero-order chi connectivity index (χ0) is 17.1. The number of rotatable bonds is 5. The normalized spacial score (nSPS) is 10.5. The summed E-state index contributed by atoms with van der Waals surface area (Å²) in [5, 5.41) is 14.2. The number of fused-ring (bicyclic) bond motifs is 1. The third-order valence-corrected chi connectivity index (χ3v) is 3.49. The number of hydrogen-bond acceptors (Lipinski definition) is 6. The largest absolute Gasteiger partial charge is 0.497 e. The van der Waals surface area contributed by atoms with Gasteiger partial charge in [-0.25, -0.2) is 4.98 Å². The molecule has 0 fully saturated rings. The predicted molar refractivity (Wildman–Crippen MR) is 88.4 cm³/mol. The van der Waals surface area contributed by atoms with Crippen molar-refractivity contribution in [2.75, 3.05) is 12.4 Å². The fourth-order valence-electron chi connectivity index (χ4n) is 2.34. The van der Waals surface area contributed by atoms with Gasteiger partial charge >= 0.3 is 11.2 Å². The van der Waals surface area contributed by atoms with E-state index in [2.05, 4.69) is 10.3 Å². The number of pyridine rings is 1. The van der Waals surface area contributed by atoms with E-state index in [-0.39, 0.29) is 12.4 Å². The van der Waals surface area contributed by atoms with Crippen LogP contribution in [0.2, 0.25) is 0 Å². The first kappa shape index (κ1) is 15.5. The highest BCUT2D eigenvalue weighted by Gasteiger charge is 2.23. The van der Waals surface area contributed by atoms with E-state index >= 15 is 0 Å². The lowest BCUT2D eigenvalue weighted by atomic mass is 10.2. The van der Waals surface area contributed by atoms with Crippen molar-refractivity contribution in [2.24, 2.45) is 0 Å². The van der Waals surface area contributed by atoms with Gasteiger partial charge in [-0.2, -0.15) is 0 Å². The second kappa shape index (κ2) is 6.37. The summed E-state index contributed by atoms with van der Waals surface area (Å²) in [7, 11) is 1.56. The Bertz CT molecular complexity index is 968. The monoisotopic (exact) mass is 326 g/mol. The van der Waals surface area contributed by atoms with Crippen LogP contribution < -0.4 is 15.6 Å². The number of aromatic nitrogens is 2. The van der Waals surface area contributed by atoms with E-state index in [1.807, 2.05) is 12.1 Å². The molecule has 0 atom stereocenters. The van der Waals surface area contributed by atoms with Crippen LogP contribution >= 0.6 is 0 Å². The molecule has 1 N–H and O–H groups in total. The third-order valence-electron chi connectivity index (χ3n) is 3.49. The molecule has 0 bridgehead atoms. The van der Waals surface area contributed by atoms with E-state index < -0.39 is 16.2 Å². The predicted octanol–water partition coefficient (Wildman–Crippen LogP) is 2.22. The molecule has 3 rings (SSSR count). The highest BCUT2D eigenvalue weighted by Crippen LogP contribution is 2.20. The summed E-state index contributed by atoms with van der Waals surface area (Å²) in [4.78, 5) is 27.1. The van der Waals surface area contributed by atoms with Gasteiger partial charge in [0.15, 0.2) is 0 Å². The molecule has 8 nitrogen and oxygen atoms in total. The molecule has 0 unspecified atom stereocenters. The van der Waals surface area contributed by atoms with Crippen molar-refractivity contribution in [1.29, 1.82) is 0 Å². The van der Waals surface area contributed by atoms with Crippen molar-refractivity contribution < 1.29 is 9.66 Å². The molecule has 0 aliphatic carbocycles. The van der Waals surface area contributed by atoms with Crippen LogP contribution in [0.3, 0.4) is 0 Å². The molecule has 24 heavy (non-hydrogen) atoms. The lowest BCUT2D eigenvalue weighted by Crippen LogP contribution is -2.21. The van der Waals surface area contributed by atoms with E-state index in [1.165, 1.54) is 6.20 Å². The maximum Gasteiger partial charge on any atom is 0.376 e. The maximum absolute atomic E-state index is 12.3. The first-order chi connectivity index (χ1) is 11.6. The first-order valence-corrected chi connectivity index (χ1v) is 7.13. The minimum atomic E-state index is -0.723. The van der Waals surface area contributed by atoms with Crippen molar-refractivity contribution in [3.8, 4) is 5.75 Å². The molecule has 8 heteroatoms. The van der Waals surface area contributed by atoms with Crippen LogP contribution in [0.15, 0.2) is 53.5 Å². The SMILES string of the molecule is COc1cccc(CNc2nc3ccccn3c(=O)c2[N+](=O)[O-])c1. The van der Waals surface area contributed by atoms with Gasteiger partial charge in [0.2, 0.25) is 5.82 Å². The molecule has 1 aromatic carbocycles. The summed E-state index contributed by atoms with van der Waals surface area (Å²) in [5.41, 5.74) is -0.125. The summed E-state index contributed by atoms with van der Waals surface area (Å²) in [6.07, 6.45) is 1.45. The van der Waals surface area contributed by atoms with Crippen molar-refractivity contribution in [3.05, 3.63) is 74.7 Å². The van der Waals surface area contributed by atoms with E-state index in [0.29, 0.717) is 11.4 Å². The molecule has 0 saturated carbocycles. The Morgan fingerprint density at radius 3 is 2.88 bits per heavy atom. The lowest BCUT2D eigenvalue weighted by Gasteiger charge is -2.09. The molecular weight excluding hydrogens is 312 g/mol. The Morgan fingerprint density at radius 1 is 1.29 bits per heavy atom. The second-order valence-electron chi connectivity index (χ2n) is 5.01. The van der Waals surface area contributed by atoms with E-state index in [9.17, 15) is 14.9 Å². The zero-order valence-electron chi connectivity index (χ0n) is 12.8. The van der Waals surface area contributed by atoms with Crippen LogP contribution in [-0.4, -0.2) is 21.4 Å². The lowest BCUT2D eigenvalue weighted by molar-refractivity contribution is -0.385. The van der Waals surface area contributed by atoms with Gasteiger partial charge in [0.1, 0.15) is 11.4 Å². The van der Waals surface area contributed by atoms with Gasteiger partial charge in [-0.3, -0.25) is 19.3 Å². The molecule has 122 valence electrons. The summed E-state index contributed by atoms with van der Waals surface area (Å²) >= 11 is 0. The van der Waals surface area contributed by atoms with Crippen LogP contribution in [0, 0.1) is 10.1 Å². The van der Waals surface area contributed by atoms with E-state index in [0.717, 1.165) is 9.96 Å². The molecule has 0 aliphatic rings. The van der Waals surface area contributed by atoms with E-state index in [4.69, 9.17) is 4.74 Å². The Balaban J connectivity index is 2.00. The molecule has 0 amide bonds. The quantitative estimate of drug-likeness (QED) is 0.570. The molecule has 0 radical (unpaired) electrons. The smallest absolute Gasteiger partial charge is 0.376 e. The van der Waals surface area contributed by atoms with Gasteiger partial charge in [-0.15, -0.1) is 0 Å². The summed E-state index contributed by atoms with van der Waals surface area (Å²) < 4.78 is 6.29. The van der Waals surface area contributed by atoms with Crippen LogP contribution in [-0.2, 0) is 6.54 Å². The van der Waals surface area contributed by atoms with Crippen molar-refractivity contribution in [1.82, 2.24) is 9.38 Å². The van der Waals surface area contributed by atoms with Crippen LogP contribution in [0.25, 0.3) is 5.65 Å². The van der Waals surface area contributed by atoms with Gasteiger partial charge in [0.25, 0.3) is 0 Å². The number of methoxy groups -OCH3 is 1. The zero-order valence-corrected chi connectivity index (χ0v) is 12.8. The number of nitrogens with one attached hydrogen (secondary N) is 1. The number of ether oxygens (including phenoxy) is 1. The maximum atomic E-state index is 12.3. The molecule has 3 aromatic rings. The summed E-state index contributed by atoms with van der Waals surface area (Å²) in [6, 6.07) is 12.2. The highest BCUT2D eigenvalue weighted by atomic mass is 16.6. The number of nitrogens with zero attached hydrogens (tertiary/aromatic N) is 3. The molecule has 0 spiro atoms. The van der Waals surface area contributed by atoms with Crippen molar-refractivity contribution in [3.63, 3.8) is 0 Å². The van der Waals surface area contributed by atoms with Gasteiger partial charge in [-0.05, 0) is 29.8 Å². The topological polar surface area (TPSA) is 98.8 Å². The summed E-state index contributed by atoms with van der Waals surface area (Å²) in [6.45, 7) is 0.271. The van der Waals surface area contributed by atoms with Gasteiger partial charge in [-0.1, -0.05) is 18.2 Å². The minimum absolute atomic E-state index is 0.0565. The Morgan fingerprint density at radius 2 is 2.12 bits per heavy atom. The number of anilines is 1. The minimum Gasteiger partial charge on any atom is -0.497 e.